The first-order valence-electron chi connectivity index (χ1n) is 9.68. The Morgan fingerprint density at radius 3 is 2.52 bits per heavy atom. The zero-order valence-electron chi connectivity index (χ0n) is 17.3. The van der Waals surface area contributed by atoms with Crippen molar-refractivity contribution >= 4 is 11.0 Å². The molecule has 0 fully saturated rings. The van der Waals surface area contributed by atoms with Crippen LogP contribution in [0.5, 0.6) is 17.2 Å². The zero-order chi connectivity index (χ0) is 21.0. The smallest absolute Gasteiger partial charge is 0.344 e. The quantitative estimate of drug-likeness (QED) is 0.568. The van der Waals surface area contributed by atoms with Crippen LogP contribution in [-0.4, -0.2) is 37.8 Å². The fraction of sp³-hybridized carbons (Fsp3) is 0.348. The van der Waals surface area contributed by atoms with Gasteiger partial charge in [-0.05, 0) is 55.9 Å². The zero-order valence-corrected chi connectivity index (χ0v) is 17.3. The van der Waals surface area contributed by atoms with Crippen LogP contribution >= 0.6 is 0 Å². The van der Waals surface area contributed by atoms with Crippen molar-refractivity contribution < 1.29 is 19.0 Å². The van der Waals surface area contributed by atoms with Crippen LogP contribution in [0.4, 0.5) is 0 Å². The summed E-state index contributed by atoms with van der Waals surface area (Å²) in [5, 5.41) is 11.1. The molecule has 0 amide bonds. The molecule has 6 nitrogen and oxygen atoms in total. The van der Waals surface area contributed by atoms with Gasteiger partial charge >= 0.3 is 5.63 Å². The van der Waals surface area contributed by atoms with Crippen LogP contribution in [0.15, 0.2) is 45.6 Å². The normalized spacial score (nSPS) is 11.2. The van der Waals surface area contributed by atoms with Crippen molar-refractivity contribution in [2.24, 2.45) is 0 Å². The van der Waals surface area contributed by atoms with Gasteiger partial charge in [-0.2, -0.15) is 0 Å². The summed E-state index contributed by atoms with van der Waals surface area (Å²) in [6.45, 7) is 3.54. The molecule has 0 saturated carbocycles. The fourth-order valence-electron chi connectivity index (χ4n) is 3.37. The van der Waals surface area contributed by atoms with Crippen molar-refractivity contribution in [1.82, 2.24) is 4.90 Å². The second-order valence-corrected chi connectivity index (χ2v) is 7.09. The Morgan fingerprint density at radius 1 is 1.07 bits per heavy atom. The Kier molecular flexibility index (Phi) is 6.44. The van der Waals surface area contributed by atoms with E-state index in [1.54, 1.807) is 50.6 Å². The molecule has 0 saturated heterocycles. The number of hydrogen-bond donors (Lipinski definition) is 1. The van der Waals surface area contributed by atoms with Gasteiger partial charge in [0.25, 0.3) is 0 Å². The number of aromatic hydroxyl groups is 1. The summed E-state index contributed by atoms with van der Waals surface area (Å²) in [6, 6.07) is 10.5. The minimum atomic E-state index is -0.465. The summed E-state index contributed by atoms with van der Waals surface area (Å²) in [4.78, 5) is 14.9. The molecular formula is C23H27NO5. The van der Waals surface area contributed by atoms with Crippen molar-refractivity contribution in [2.75, 3.05) is 27.8 Å². The number of fused-ring (bicyclic) bond motifs is 1. The molecular weight excluding hydrogens is 370 g/mol. The first-order valence-corrected chi connectivity index (χ1v) is 9.68. The van der Waals surface area contributed by atoms with Gasteiger partial charge in [0.15, 0.2) is 11.5 Å². The standard InChI is InChI=1S/C23H27NO5/c1-5-6-11-24(2)14-18-19(25)9-7-16-12-17(23(26)29-22(16)18)15-8-10-20(27-3)21(13-15)28-4/h7-10,12-13,25H,5-6,11,14H2,1-4H3. The molecule has 29 heavy (non-hydrogen) atoms. The van der Waals surface area contributed by atoms with Gasteiger partial charge in [0.05, 0.1) is 25.3 Å². The average molecular weight is 397 g/mol. The van der Waals surface area contributed by atoms with Gasteiger partial charge in [-0.25, -0.2) is 4.79 Å². The lowest BCUT2D eigenvalue weighted by Crippen LogP contribution is -2.19. The van der Waals surface area contributed by atoms with Crippen molar-refractivity contribution in [3.05, 3.63) is 52.4 Å². The summed E-state index contributed by atoms with van der Waals surface area (Å²) < 4.78 is 16.3. The molecule has 1 N–H and O–H groups in total. The molecule has 0 unspecified atom stereocenters. The lowest BCUT2D eigenvalue weighted by molar-refractivity contribution is 0.314. The monoisotopic (exact) mass is 397 g/mol. The van der Waals surface area contributed by atoms with Gasteiger partial charge in [0.2, 0.25) is 0 Å². The molecule has 0 atom stereocenters. The second-order valence-electron chi connectivity index (χ2n) is 7.09. The van der Waals surface area contributed by atoms with E-state index in [4.69, 9.17) is 13.9 Å². The van der Waals surface area contributed by atoms with Crippen LogP contribution < -0.4 is 15.1 Å². The first-order chi connectivity index (χ1) is 14.0. The van der Waals surface area contributed by atoms with Crippen LogP contribution in [0, 0.1) is 0 Å². The lowest BCUT2D eigenvalue weighted by atomic mass is 10.0. The Balaban J connectivity index is 2.06. The number of phenolic OH excluding ortho intramolecular Hbond substituents is 1. The molecule has 2 aromatic carbocycles. The van der Waals surface area contributed by atoms with Crippen LogP contribution in [0.2, 0.25) is 0 Å². The van der Waals surface area contributed by atoms with Crippen molar-refractivity contribution in [3.8, 4) is 28.4 Å². The summed E-state index contributed by atoms with van der Waals surface area (Å²) >= 11 is 0. The number of rotatable bonds is 8. The molecule has 154 valence electrons. The molecule has 0 aliphatic heterocycles. The van der Waals surface area contributed by atoms with Gasteiger partial charge in [0.1, 0.15) is 11.3 Å². The molecule has 0 aliphatic carbocycles. The van der Waals surface area contributed by atoms with E-state index in [0.29, 0.717) is 40.3 Å². The molecule has 6 heteroatoms. The Bertz CT molecular complexity index is 1060. The van der Waals surface area contributed by atoms with Crippen LogP contribution in [0.3, 0.4) is 0 Å². The Hall–Kier alpha value is -2.99. The Morgan fingerprint density at radius 2 is 1.83 bits per heavy atom. The SMILES string of the molecule is CCCCN(C)Cc1c(O)ccc2cc(-c3ccc(OC)c(OC)c3)c(=O)oc12. The molecule has 0 aliphatic rings. The van der Waals surface area contributed by atoms with Gasteiger partial charge in [-0.15, -0.1) is 0 Å². The minimum absolute atomic E-state index is 0.128. The molecule has 1 heterocycles. The van der Waals surface area contributed by atoms with Crippen LogP contribution in [-0.2, 0) is 6.54 Å². The van der Waals surface area contributed by atoms with E-state index < -0.39 is 5.63 Å². The third-order valence-corrected chi connectivity index (χ3v) is 5.00. The molecule has 1 aromatic heterocycles. The number of hydrogen-bond acceptors (Lipinski definition) is 6. The largest absolute Gasteiger partial charge is 0.507 e. The maximum Gasteiger partial charge on any atom is 0.344 e. The molecule has 0 spiro atoms. The van der Waals surface area contributed by atoms with Crippen molar-refractivity contribution in [3.63, 3.8) is 0 Å². The topological polar surface area (TPSA) is 72.1 Å². The summed E-state index contributed by atoms with van der Waals surface area (Å²) in [7, 11) is 5.10. The summed E-state index contributed by atoms with van der Waals surface area (Å²) in [5.41, 5.74) is 1.68. The van der Waals surface area contributed by atoms with E-state index in [9.17, 15) is 9.90 Å². The van der Waals surface area contributed by atoms with Gasteiger partial charge in [0, 0.05) is 11.9 Å². The fourth-order valence-corrected chi connectivity index (χ4v) is 3.37. The number of benzene rings is 2. The van der Waals surface area contributed by atoms with E-state index in [1.165, 1.54) is 0 Å². The van der Waals surface area contributed by atoms with E-state index >= 15 is 0 Å². The predicted octanol–water partition coefficient (Wildman–Crippen LogP) is 4.41. The van der Waals surface area contributed by atoms with E-state index in [2.05, 4.69) is 11.8 Å². The third kappa shape index (κ3) is 4.38. The number of phenols is 1. The van der Waals surface area contributed by atoms with E-state index in [1.807, 2.05) is 7.05 Å². The average Bonchev–Trinajstić information content (AvgIpc) is 2.73. The summed E-state index contributed by atoms with van der Waals surface area (Å²) in [6.07, 6.45) is 2.16. The maximum atomic E-state index is 12.8. The number of methoxy groups -OCH3 is 2. The second kappa shape index (κ2) is 9.01. The molecule has 0 bridgehead atoms. The third-order valence-electron chi connectivity index (χ3n) is 5.00. The predicted molar refractivity (Wildman–Crippen MR) is 114 cm³/mol. The first kappa shape index (κ1) is 20.7. The summed E-state index contributed by atoms with van der Waals surface area (Å²) in [5.74, 6) is 1.25. The lowest BCUT2D eigenvalue weighted by Gasteiger charge is -2.18. The molecule has 3 rings (SSSR count). The maximum absolute atomic E-state index is 12.8. The highest BCUT2D eigenvalue weighted by Gasteiger charge is 2.16. The van der Waals surface area contributed by atoms with Crippen LogP contribution in [0.1, 0.15) is 25.3 Å². The highest BCUT2D eigenvalue weighted by molar-refractivity contribution is 5.86. The number of nitrogens with zero attached hydrogens (tertiary/aromatic N) is 1. The number of ether oxygens (including phenoxy) is 2. The van der Waals surface area contributed by atoms with Crippen molar-refractivity contribution in [1.29, 1.82) is 0 Å². The highest BCUT2D eigenvalue weighted by atomic mass is 16.5. The van der Waals surface area contributed by atoms with Crippen molar-refractivity contribution in [2.45, 2.75) is 26.3 Å². The van der Waals surface area contributed by atoms with Gasteiger partial charge in [-0.3, -0.25) is 0 Å². The van der Waals surface area contributed by atoms with Gasteiger partial charge < -0.3 is 23.9 Å². The number of unbranched alkanes of at least 4 members (excludes halogenated alkanes) is 1. The molecule has 0 radical (unpaired) electrons. The Labute approximate surface area is 170 Å². The molecule has 3 aromatic rings. The van der Waals surface area contributed by atoms with E-state index in [0.717, 1.165) is 24.8 Å². The van der Waals surface area contributed by atoms with Gasteiger partial charge in [-0.1, -0.05) is 19.4 Å². The van der Waals surface area contributed by atoms with E-state index in [-0.39, 0.29) is 5.75 Å². The highest BCUT2D eigenvalue weighted by Crippen LogP contribution is 2.33. The van der Waals surface area contributed by atoms with Crippen LogP contribution in [0.25, 0.3) is 22.1 Å². The minimum Gasteiger partial charge on any atom is -0.507 e.